The molecule has 20 heavy (non-hydrogen) atoms. The molecule has 1 fully saturated rings. The van der Waals surface area contributed by atoms with Crippen LogP contribution in [0.25, 0.3) is 0 Å². The second-order valence-electron chi connectivity index (χ2n) is 4.82. The van der Waals surface area contributed by atoms with Crippen molar-refractivity contribution in [3.05, 3.63) is 41.2 Å². The molecule has 1 aliphatic carbocycles. The van der Waals surface area contributed by atoms with Crippen LogP contribution in [0.1, 0.15) is 40.5 Å². The lowest BCUT2D eigenvalue weighted by Gasteiger charge is -2.04. The lowest BCUT2D eigenvalue weighted by molar-refractivity contribution is 0.102. The number of benzene rings is 1. The van der Waals surface area contributed by atoms with Crippen LogP contribution in [0.5, 0.6) is 0 Å². The van der Waals surface area contributed by atoms with E-state index in [0.717, 1.165) is 18.5 Å². The number of hydrogen-bond acceptors (Lipinski definition) is 4. The summed E-state index contributed by atoms with van der Waals surface area (Å²) >= 11 is 0. The van der Waals surface area contributed by atoms with Crippen molar-refractivity contribution in [2.45, 2.75) is 18.8 Å². The van der Waals surface area contributed by atoms with E-state index < -0.39 is 0 Å². The monoisotopic (exact) mass is 267 g/mol. The summed E-state index contributed by atoms with van der Waals surface area (Å²) in [5.74, 6) is 0.0340. The molecular weight excluding hydrogens is 254 g/mol. The zero-order chi connectivity index (χ0) is 14.1. The summed E-state index contributed by atoms with van der Waals surface area (Å²) in [5, 5.41) is 18.3. The SMILES string of the molecule is N#Cc1cccc(NC(=O)c2n[nH]c(C3CC3)c2N)c1. The van der Waals surface area contributed by atoms with Gasteiger partial charge in [0.15, 0.2) is 5.69 Å². The molecule has 1 aromatic carbocycles. The van der Waals surface area contributed by atoms with Crippen LogP contribution in [0.4, 0.5) is 11.4 Å². The number of hydrogen-bond donors (Lipinski definition) is 3. The van der Waals surface area contributed by atoms with Crippen LogP contribution in [0.3, 0.4) is 0 Å². The van der Waals surface area contributed by atoms with Gasteiger partial charge in [0.05, 0.1) is 23.0 Å². The molecule has 4 N–H and O–H groups in total. The minimum Gasteiger partial charge on any atom is -0.395 e. The molecule has 1 aliphatic rings. The first-order valence-electron chi connectivity index (χ1n) is 6.34. The van der Waals surface area contributed by atoms with Gasteiger partial charge >= 0.3 is 0 Å². The standard InChI is InChI=1S/C14H13N5O/c15-7-8-2-1-3-10(6-8)17-14(20)13-11(16)12(18-19-13)9-4-5-9/h1-3,6,9H,4-5,16H2,(H,17,20)(H,18,19). The smallest absolute Gasteiger partial charge is 0.278 e. The molecule has 0 bridgehead atoms. The molecule has 1 heterocycles. The molecule has 0 spiro atoms. The molecule has 3 rings (SSSR count). The van der Waals surface area contributed by atoms with E-state index in [4.69, 9.17) is 11.0 Å². The summed E-state index contributed by atoms with van der Waals surface area (Å²) in [7, 11) is 0. The molecule has 6 heteroatoms. The highest BCUT2D eigenvalue weighted by Crippen LogP contribution is 2.42. The van der Waals surface area contributed by atoms with E-state index >= 15 is 0 Å². The molecule has 2 aromatic rings. The van der Waals surface area contributed by atoms with Gasteiger partial charge in [-0.2, -0.15) is 10.4 Å². The molecule has 0 saturated heterocycles. The van der Waals surface area contributed by atoms with Crippen LogP contribution in [0.15, 0.2) is 24.3 Å². The third kappa shape index (κ3) is 2.21. The van der Waals surface area contributed by atoms with Gasteiger partial charge in [-0.1, -0.05) is 6.07 Å². The number of carbonyl (C=O) groups excluding carboxylic acids is 1. The summed E-state index contributed by atoms with van der Waals surface area (Å²) in [6.45, 7) is 0. The van der Waals surface area contributed by atoms with Crippen molar-refractivity contribution >= 4 is 17.3 Å². The first kappa shape index (κ1) is 12.2. The summed E-state index contributed by atoms with van der Waals surface area (Å²) in [6.07, 6.45) is 2.16. The van der Waals surface area contributed by atoms with Crippen molar-refractivity contribution in [2.24, 2.45) is 0 Å². The fourth-order valence-electron chi connectivity index (χ4n) is 2.08. The summed E-state index contributed by atoms with van der Waals surface area (Å²) in [4.78, 5) is 12.1. The Labute approximate surface area is 115 Å². The van der Waals surface area contributed by atoms with Crippen molar-refractivity contribution in [3.63, 3.8) is 0 Å². The Morgan fingerprint density at radius 1 is 1.50 bits per heavy atom. The van der Waals surface area contributed by atoms with Gasteiger partial charge in [-0.05, 0) is 31.0 Å². The average molecular weight is 267 g/mol. The number of carbonyl (C=O) groups is 1. The van der Waals surface area contributed by atoms with E-state index in [-0.39, 0.29) is 11.6 Å². The van der Waals surface area contributed by atoms with Crippen molar-refractivity contribution in [1.82, 2.24) is 10.2 Å². The molecule has 0 radical (unpaired) electrons. The van der Waals surface area contributed by atoms with Gasteiger partial charge in [0.2, 0.25) is 0 Å². The van der Waals surface area contributed by atoms with Crippen LogP contribution >= 0.6 is 0 Å². The van der Waals surface area contributed by atoms with Gasteiger partial charge in [-0.25, -0.2) is 0 Å². The molecule has 1 saturated carbocycles. The zero-order valence-corrected chi connectivity index (χ0v) is 10.7. The largest absolute Gasteiger partial charge is 0.395 e. The predicted octanol–water partition coefficient (Wildman–Crippen LogP) is 1.99. The maximum absolute atomic E-state index is 12.1. The lowest BCUT2D eigenvalue weighted by Crippen LogP contribution is -2.14. The topological polar surface area (TPSA) is 108 Å². The number of nitrogens with zero attached hydrogens (tertiary/aromatic N) is 2. The number of aromatic amines is 1. The number of H-pyrrole nitrogens is 1. The first-order chi connectivity index (χ1) is 9.69. The van der Waals surface area contributed by atoms with Crippen LogP contribution in [0.2, 0.25) is 0 Å². The van der Waals surface area contributed by atoms with E-state index in [0.29, 0.717) is 22.9 Å². The summed E-state index contributed by atoms with van der Waals surface area (Å²) in [6, 6.07) is 8.71. The molecule has 6 nitrogen and oxygen atoms in total. The Hall–Kier alpha value is -2.81. The van der Waals surface area contributed by atoms with Gasteiger partial charge in [0, 0.05) is 11.6 Å². The van der Waals surface area contributed by atoms with Gasteiger partial charge in [-0.3, -0.25) is 9.89 Å². The number of anilines is 2. The van der Waals surface area contributed by atoms with Crippen molar-refractivity contribution in [3.8, 4) is 6.07 Å². The van der Waals surface area contributed by atoms with Crippen LogP contribution in [-0.2, 0) is 0 Å². The number of nitrogens with one attached hydrogen (secondary N) is 2. The lowest BCUT2D eigenvalue weighted by atomic mass is 10.2. The minimum absolute atomic E-state index is 0.203. The number of amides is 1. The highest BCUT2D eigenvalue weighted by molar-refractivity contribution is 6.06. The number of nitriles is 1. The number of rotatable bonds is 3. The Morgan fingerprint density at radius 3 is 3.00 bits per heavy atom. The number of nitrogens with two attached hydrogens (primary N) is 1. The molecule has 1 aromatic heterocycles. The minimum atomic E-state index is -0.374. The highest BCUT2D eigenvalue weighted by atomic mass is 16.2. The second-order valence-corrected chi connectivity index (χ2v) is 4.82. The normalized spacial score (nSPS) is 13.8. The van der Waals surface area contributed by atoms with E-state index in [2.05, 4.69) is 15.5 Å². The third-order valence-electron chi connectivity index (χ3n) is 3.28. The fourth-order valence-corrected chi connectivity index (χ4v) is 2.08. The van der Waals surface area contributed by atoms with Gasteiger partial charge in [-0.15, -0.1) is 0 Å². The Balaban J connectivity index is 1.80. The summed E-state index contributed by atoms with van der Waals surface area (Å²) in [5.41, 5.74) is 8.45. The Kier molecular flexibility index (Phi) is 2.88. The zero-order valence-electron chi connectivity index (χ0n) is 10.7. The van der Waals surface area contributed by atoms with E-state index in [1.54, 1.807) is 24.3 Å². The van der Waals surface area contributed by atoms with Gasteiger partial charge in [0.1, 0.15) is 0 Å². The quantitative estimate of drug-likeness (QED) is 0.790. The Bertz CT molecular complexity index is 709. The Morgan fingerprint density at radius 2 is 2.30 bits per heavy atom. The van der Waals surface area contributed by atoms with E-state index in [9.17, 15) is 4.79 Å². The maximum atomic E-state index is 12.1. The van der Waals surface area contributed by atoms with Crippen LogP contribution < -0.4 is 11.1 Å². The summed E-state index contributed by atoms with van der Waals surface area (Å²) < 4.78 is 0. The van der Waals surface area contributed by atoms with Gasteiger partial charge < -0.3 is 11.1 Å². The molecule has 0 atom stereocenters. The molecular formula is C14H13N5O. The average Bonchev–Trinajstić information content (AvgIpc) is 3.22. The second kappa shape index (κ2) is 4.70. The molecule has 1 amide bonds. The van der Waals surface area contributed by atoms with E-state index in [1.807, 2.05) is 6.07 Å². The number of aromatic nitrogens is 2. The molecule has 0 unspecified atom stereocenters. The number of nitrogen functional groups attached to an aromatic ring is 1. The van der Waals surface area contributed by atoms with Gasteiger partial charge in [0.25, 0.3) is 5.91 Å². The van der Waals surface area contributed by atoms with Crippen molar-refractivity contribution < 1.29 is 4.79 Å². The van der Waals surface area contributed by atoms with Crippen molar-refractivity contribution in [1.29, 1.82) is 5.26 Å². The first-order valence-corrected chi connectivity index (χ1v) is 6.34. The fraction of sp³-hybridized carbons (Fsp3) is 0.214. The van der Waals surface area contributed by atoms with E-state index in [1.165, 1.54) is 0 Å². The van der Waals surface area contributed by atoms with Crippen molar-refractivity contribution in [2.75, 3.05) is 11.1 Å². The van der Waals surface area contributed by atoms with Crippen LogP contribution in [0, 0.1) is 11.3 Å². The van der Waals surface area contributed by atoms with Crippen LogP contribution in [-0.4, -0.2) is 16.1 Å². The molecule has 100 valence electrons. The maximum Gasteiger partial charge on any atom is 0.278 e. The highest BCUT2D eigenvalue weighted by Gasteiger charge is 2.30. The third-order valence-corrected chi connectivity index (χ3v) is 3.28. The predicted molar refractivity (Wildman–Crippen MR) is 74.1 cm³/mol. The molecule has 0 aliphatic heterocycles.